The Kier molecular flexibility index (Phi) is 5.42. The molecule has 0 atom stereocenters. The number of carbonyl (C=O) groups is 1. The van der Waals surface area contributed by atoms with Crippen LogP contribution in [0.4, 0.5) is 5.82 Å². The van der Waals surface area contributed by atoms with Crippen molar-refractivity contribution >= 4 is 11.8 Å². The van der Waals surface area contributed by atoms with E-state index in [1.165, 1.54) is 7.11 Å². The van der Waals surface area contributed by atoms with Gasteiger partial charge in [-0.25, -0.2) is 9.78 Å². The number of ether oxygens (including phenoxy) is 2. The Morgan fingerprint density at radius 2 is 2.24 bits per heavy atom. The quantitative estimate of drug-likeness (QED) is 0.603. The van der Waals surface area contributed by atoms with Crippen molar-refractivity contribution in [3.05, 3.63) is 23.4 Å². The number of esters is 1. The number of nitrogens with zero attached hydrogens (tertiary/aromatic N) is 1. The van der Waals surface area contributed by atoms with Gasteiger partial charge in [-0.15, -0.1) is 0 Å². The third-order valence-corrected chi connectivity index (χ3v) is 2.25. The zero-order valence-electron chi connectivity index (χ0n) is 10.4. The van der Waals surface area contributed by atoms with Gasteiger partial charge in [0.05, 0.1) is 25.0 Å². The van der Waals surface area contributed by atoms with Crippen LogP contribution in [0.15, 0.2) is 12.1 Å². The molecule has 0 radical (unpaired) electrons. The van der Waals surface area contributed by atoms with Crippen LogP contribution in [0.3, 0.4) is 0 Å². The van der Waals surface area contributed by atoms with Gasteiger partial charge in [-0.2, -0.15) is 0 Å². The van der Waals surface area contributed by atoms with Gasteiger partial charge in [0, 0.05) is 13.2 Å². The van der Waals surface area contributed by atoms with Crippen LogP contribution in [-0.4, -0.2) is 37.8 Å². The van der Waals surface area contributed by atoms with E-state index < -0.39 is 0 Å². The Balaban J connectivity index is 2.59. The lowest BCUT2D eigenvalue weighted by atomic mass is 10.2. The van der Waals surface area contributed by atoms with Gasteiger partial charge in [0.1, 0.15) is 5.82 Å². The van der Waals surface area contributed by atoms with Crippen molar-refractivity contribution in [2.24, 2.45) is 0 Å². The van der Waals surface area contributed by atoms with Crippen LogP contribution in [0, 0.1) is 6.92 Å². The number of carbonyl (C=O) groups excluding carboxylic acids is 1. The molecular formula is C12H18N2O3. The molecule has 1 aromatic rings. The first-order valence-electron chi connectivity index (χ1n) is 5.56. The predicted molar refractivity (Wildman–Crippen MR) is 65.3 cm³/mol. The average Bonchev–Trinajstić information content (AvgIpc) is 2.34. The van der Waals surface area contributed by atoms with Crippen LogP contribution in [-0.2, 0) is 9.47 Å². The summed E-state index contributed by atoms with van der Waals surface area (Å²) >= 11 is 0. The summed E-state index contributed by atoms with van der Waals surface area (Å²) < 4.78 is 9.85. The fourth-order valence-corrected chi connectivity index (χ4v) is 1.38. The second-order valence-electron chi connectivity index (χ2n) is 3.44. The number of rotatable bonds is 6. The molecule has 1 aromatic heterocycles. The zero-order valence-corrected chi connectivity index (χ0v) is 10.4. The molecule has 5 nitrogen and oxygen atoms in total. The summed E-state index contributed by atoms with van der Waals surface area (Å²) in [4.78, 5) is 15.6. The summed E-state index contributed by atoms with van der Waals surface area (Å²) in [7, 11) is 1.36. The molecule has 0 bridgehead atoms. The van der Waals surface area contributed by atoms with Crippen molar-refractivity contribution in [3.8, 4) is 0 Å². The number of pyridine rings is 1. The molecule has 1 heterocycles. The van der Waals surface area contributed by atoms with Crippen molar-refractivity contribution in [1.29, 1.82) is 0 Å². The lowest BCUT2D eigenvalue weighted by Crippen LogP contribution is -2.12. The van der Waals surface area contributed by atoms with Gasteiger partial charge in [-0.1, -0.05) is 0 Å². The number of nitrogens with one attached hydrogen (secondary N) is 1. The third-order valence-electron chi connectivity index (χ3n) is 2.25. The highest BCUT2D eigenvalue weighted by Gasteiger charge is 2.10. The maximum Gasteiger partial charge on any atom is 0.339 e. The highest BCUT2D eigenvalue weighted by atomic mass is 16.5. The molecule has 17 heavy (non-hydrogen) atoms. The molecule has 94 valence electrons. The van der Waals surface area contributed by atoms with Gasteiger partial charge in [0.2, 0.25) is 0 Å². The number of hydrogen-bond acceptors (Lipinski definition) is 5. The summed E-state index contributed by atoms with van der Waals surface area (Å²) in [6.45, 7) is 5.76. The molecule has 0 aliphatic carbocycles. The van der Waals surface area contributed by atoms with Gasteiger partial charge < -0.3 is 14.8 Å². The molecule has 0 aliphatic heterocycles. The molecule has 0 spiro atoms. The standard InChI is InChI=1S/C12H18N2O3/c1-4-17-8-7-13-11-6-5-10(9(2)14-11)12(15)16-3/h5-6H,4,7-8H2,1-3H3,(H,13,14). The van der Waals surface area contributed by atoms with Crippen molar-refractivity contribution in [3.63, 3.8) is 0 Å². The number of aryl methyl sites for hydroxylation is 1. The number of aromatic nitrogens is 1. The van der Waals surface area contributed by atoms with Crippen LogP contribution in [0.25, 0.3) is 0 Å². The van der Waals surface area contributed by atoms with Crippen LogP contribution in [0.5, 0.6) is 0 Å². The van der Waals surface area contributed by atoms with Crippen LogP contribution in [0.1, 0.15) is 23.0 Å². The largest absolute Gasteiger partial charge is 0.465 e. The monoisotopic (exact) mass is 238 g/mol. The minimum atomic E-state index is -0.365. The summed E-state index contributed by atoms with van der Waals surface area (Å²) in [5.41, 5.74) is 1.14. The molecular weight excluding hydrogens is 220 g/mol. The Labute approximate surface area is 101 Å². The normalized spacial score (nSPS) is 10.1. The van der Waals surface area contributed by atoms with Crippen LogP contribution < -0.4 is 5.32 Å². The van der Waals surface area contributed by atoms with Crippen molar-refractivity contribution in [2.75, 3.05) is 32.2 Å². The van der Waals surface area contributed by atoms with Crippen molar-refractivity contribution < 1.29 is 14.3 Å². The Morgan fingerprint density at radius 1 is 1.47 bits per heavy atom. The molecule has 0 aromatic carbocycles. The van der Waals surface area contributed by atoms with Crippen LogP contribution in [0.2, 0.25) is 0 Å². The fraction of sp³-hybridized carbons (Fsp3) is 0.500. The first-order chi connectivity index (χ1) is 8.19. The summed E-state index contributed by atoms with van der Waals surface area (Å²) in [6.07, 6.45) is 0. The predicted octanol–water partition coefficient (Wildman–Crippen LogP) is 1.63. The summed E-state index contributed by atoms with van der Waals surface area (Å²) in [6, 6.07) is 3.46. The lowest BCUT2D eigenvalue weighted by Gasteiger charge is -2.08. The Morgan fingerprint density at radius 3 is 2.82 bits per heavy atom. The van der Waals surface area contributed by atoms with E-state index in [9.17, 15) is 4.79 Å². The smallest absolute Gasteiger partial charge is 0.339 e. The SMILES string of the molecule is CCOCCNc1ccc(C(=O)OC)c(C)n1. The van der Waals surface area contributed by atoms with E-state index in [2.05, 4.69) is 15.0 Å². The van der Waals surface area contributed by atoms with Gasteiger partial charge in [-0.3, -0.25) is 0 Å². The maximum absolute atomic E-state index is 11.3. The van der Waals surface area contributed by atoms with E-state index in [1.54, 1.807) is 19.1 Å². The van der Waals surface area contributed by atoms with Gasteiger partial charge in [-0.05, 0) is 26.0 Å². The van der Waals surface area contributed by atoms with E-state index in [0.29, 0.717) is 31.0 Å². The van der Waals surface area contributed by atoms with E-state index in [-0.39, 0.29) is 5.97 Å². The molecule has 1 rings (SSSR count). The van der Waals surface area contributed by atoms with Crippen molar-refractivity contribution in [1.82, 2.24) is 4.98 Å². The molecule has 0 saturated carbocycles. The molecule has 0 fully saturated rings. The summed E-state index contributed by atoms with van der Waals surface area (Å²) in [5.74, 6) is 0.366. The third kappa shape index (κ3) is 4.03. The zero-order chi connectivity index (χ0) is 12.7. The highest BCUT2D eigenvalue weighted by Crippen LogP contribution is 2.11. The first-order valence-corrected chi connectivity index (χ1v) is 5.56. The number of hydrogen-bond donors (Lipinski definition) is 1. The second-order valence-corrected chi connectivity index (χ2v) is 3.44. The van der Waals surface area contributed by atoms with E-state index in [4.69, 9.17) is 4.74 Å². The molecule has 0 amide bonds. The minimum Gasteiger partial charge on any atom is -0.465 e. The Hall–Kier alpha value is -1.62. The highest BCUT2D eigenvalue weighted by molar-refractivity contribution is 5.90. The minimum absolute atomic E-state index is 0.365. The number of anilines is 1. The molecule has 5 heteroatoms. The van der Waals surface area contributed by atoms with E-state index in [1.807, 2.05) is 6.92 Å². The Bertz CT molecular complexity index is 380. The number of methoxy groups -OCH3 is 1. The van der Waals surface area contributed by atoms with Gasteiger partial charge >= 0.3 is 5.97 Å². The van der Waals surface area contributed by atoms with Gasteiger partial charge in [0.15, 0.2) is 0 Å². The maximum atomic E-state index is 11.3. The van der Waals surface area contributed by atoms with E-state index in [0.717, 1.165) is 5.82 Å². The van der Waals surface area contributed by atoms with E-state index >= 15 is 0 Å². The molecule has 0 aliphatic rings. The summed E-state index contributed by atoms with van der Waals surface area (Å²) in [5, 5.41) is 3.12. The topological polar surface area (TPSA) is 60.5 Å². The molecule has 0 saturated heterocycles. The van der Waals surface area contributed by atoms with Gasteiger partial charge in [0.25, 0.3) is 0 Å². The second kappa shape index (κ2) is 6.85. The first kappa shape index (κ1) is 13.4. The van der Waals surface area contributed by atoms with Crippen LogP contribution >= 0.6 is 0 Å². The molecule has 0 unspecified atom stereocenters. The van der Waals surface area contributed by atoms with Crippen molar-refractivity contribution in [2.45, 2.75) is 13.8 Å². The average molecular weight is 238 g/mol. The fourth-order valence-electron chi connectivity index (χ4n) is 1.38. The molecule has 1 N–H and O–H groups in total. The lowest BCUT2D eigenvalue weighted by molar-refractivity contribution is 0.0599.